The number of nitrogens with one attached hydrogen (secondary N) is 1. The molecule has 118 valence electrons. The summed E-state index contributed by atoms with van der Waals surface area (Å²) in [6, 6.07) is 16.8. The van der Waals surface area contributed by atoms with Crippen molar-refractivity contribution < 1.29 is 4.74 Å². The van der Waals surface area contributed by atoms with E-state index in [1.165, 1.54) is 16.8 Å². The molecule has 1 atom stereocenters. The summed E-state index contributed by atoms with van der Waals surface area (Å²) in [4.78, 5) is 0. The maximum atomic E-state index is 5.97. The molecule has 0 aromatic heterocycles. The summed E-state index contributed by atoms with van der Waals surface area (Å²) in [5.74, 6) is 1.45. The highest BCUT2D eigenvalue weighted by molar-refractivity contribution is 5.52. The lowest BCUT2D eigenvalue weighted by molar-refractivity contribution is 0.234. The van der Waals surface area contributed by atoms with E-state index in [4.69, 9.17) is 4.74 Å². The first-order valence-corrected chi connectivity index (χ1v) is 8.18. The third kappa shape index (κ3) is 4.52. The summed E-state index contributed by atoms with van der Waals surface area (Å²) in [6.45, 7) is 9.48. The van der Waals surface area contributed by atoms with Gasteiger partial charge in [-0.15, -0.1) is 0 Å². The average molecular weight is 297 g/mol. The third-order valence-corrected chi connectivity index (χ3v) is 3.83. The topological polar surface area (TPSA) is 21.3 Å². The van der Waals surface area contributed by atoms with Crippen molar-refractivity contribution in [3.63, 3.8) is 0 Å². The quantitative estimate of drug-likeness (QED) is 0.753. The maximum Gasteiger partial charge on any atom is 0.119 e. The van der Waals surface area contributed by atoms with Crippen LogP contribution in [0, 0.1) is 0 Å². The predicted octanol–water partition coefficient (Wildman–Crippen LogP) is 5.25. The van der Waals surface area contributed by atoms with Gasteiger partial charge < -0.3 is 10.1 Å². The Labute approximate surface area is 134 Å². The Morgan fingerprint density at radius 1 is 0.955 bits per heavy atom. The van der Waals surface area contributed by atoms with Crippen LogP contribution >= 0.6 is 0 Å². The molecular formula is C20H27NO. The van der Waals surface area contributed by atoms with Crippen LogP contribution in [-0.2, 0) is 6.42 Å². The second kappa shape index (κ2) is 7.88. The second-order valence-corrected chi connectivity index (χ2v) is 6.05. The van der Waals surface area contributed by atoms with E-state index in [0.29, 0.717) is 5.92 Å². The highest BCUT2D eigenvalue weighted by Crippen LogP contribution is 2.23. The Balaban J connectivity index is 1.91. The molecule has 0 heterocycles. The first-order chi connectivity index (χ1) is 10.6. The van der Waals surface area contributed by atoms with E-state index < -0.39 is 0 Å². The Morgan fingerprint density at radius 2 is 1.64 bits per heavy atom. The Kier molecular flexibility index (Phi) is 5.88. The smallest absolute Gasteiger partial charge is 0.119 e. The minimum absolute atomic E-state index is 0.118. The van der Waals surface area contributed by atoms with E-state index in [2.05, 4.69) is 81.5 Å². The lowest BCUT2D eigenvalue weighted by Gasteiger charge is -2.19. The van der Waals surface area contributed by atoms with Crippen LogP contribution in [0.1, 0.15) is 44.7 Å². The van der Waals surface area contributed by atoms with Gasteiger partial charge in [0.2, 0.25) is 0 Å². The van der Waals surface area contributed by atoms with Crippen LogP contribution in [0.4, 0.5) is 5.69 Å². The SMILES string of the molecule is CCc1ccc(OC(C)CNc2ccccc2C(C)C)cc1. The number of aryl methyl sites for hydroxylation is 1. The molecule has 1 N–H and O–H groups in total. The number of ether oxygens (including phenoxy) is 1. The first-order valence-electron chi connectivity index (χ1n) is 8.18. The predicted molar refractivity (Wildman–Crippen MR) is 94.9 cm³/mol. The van der Waals surface area contributed by atoms with Crippen molar-refractivity contribution in [1.29, 1.82) is 0 Å². The van der Waals surface area contributed by atoms with Crippen LogP contribution in [0.5, 0.6) is 5.75 Å². The number of para-hydroxylation sites is 1. The molecule has 0 spiro atoms. The van der Waals surface area contributed by atoms with E-state index in [0.717, 1.165) is 18.7 Å². The molecule has 2 aromatic rings. The molecule has 0 saturated heterocycles. The molecule has 1 unspecified atom stereocenters. The first kappa shape index (κ1) is 16.4. The van der Waals surface area contributed by atoms with Gasteiger partial charge in [0.15, 0.2) is 0 Å². The fourth-order valence-corrected chi connectivity index (χ4v) is 2.49. The van der Waals surface area contributed by atoms with Crippen LogP contribution < -0.4 is 10.1 Å². The van der Waals surface area contributed by atoms with Crippen molar-refractivity contribution >= 4 is 5.69 Å². The van der Waals surface area contributed by atoms with Gasteiger partial charge in [-0.25, -0.2) is 0 Å². The average Bonchev–Trinajstić information content (AvgIpc) is 2.54. The fraction of sp³-hybridized carbons (Fsp3) is 0.400. The Bertz CT molecular complexity index is 575. The molecule has 2 heteroatoms. The monoisotopic (exact) mass is 297 g/mol. The van der Waals surface area contributed by atoms with E-state index in [9.17, 15) is 0 Å². The zero-order valence-corrected chi connectivity index (χ0v) is 14.1. The van der Waals surface area contributed by atoms with Crippen molar-refractivity contribution in [3.05, 3.63) is 59.7 Å². The Hall–Kier alpha value is -1.96. The number of benzene rings is 2. The molecule has 0 fully saturated rings. The normalized spacial score (nSPS) is 12.2. The summed E-state index contributed by atoms with van der Waals surface area (Å²) in [5, 5.41) is 3.51. The molecule has 2 nitrogen and oxygen atoms in total. The van der Waals surface area contributed by atoms with Gasteiger partial charge in [-0.05, 0) is 48.6 Å². The Morgan fingerprint density at radius 3 is 2.27 bits per heavy atom. The second-order valence-electron chi connectivity index (χ2n) is 6.05. The van der Waals surface area contributed by atoms with E-state index in [-0.39, 0.29) is 6.10 Å². The largest absolute Gasteiger partial charge is 0.489 e. The van der Waals surface area contributed by atoms with Gasteiger partial charge in [-0.1, -0.05) is 51.1 Å². The lowest BCUT2D eigenvalue weighted by atomic mass is 10.0. The van der Waals surface area contributed by atoms with E-state index in [1.54, 1.807) is 0 Å². The van der Waals surface area contributed by atoms with Crippen molar-refractivity contribution in [1.82, 2.24) is 0 Å². The molecule has 0 bridgehead atoms. The maximum absolute atomic E-state index is 5.97. The van der Waals surface area contributed by atoms with Crippen LogP contribution in [0.25, 0.3) is 0 Å². The molecule has 0 amide bonds. The third-order valence-electron chi connectivity index (χ3n) is 3.83. The standard InChI is InChI=1S/C20H27NO/c1-5-17-10-12-18(13-11-17)22-16(4)14-21-20-9-7-6-8-19(20)15(2)3/h6-13,15-16,21H,5,14H2,1-4H3. The van der Waals surface area contributed by atoms with Gasteiger partial charge in [0.05, 0.1) is 6.54 Å². The van der Waals surface area contributed by atoms with E-state index in [1.807, 2.05) is 0 Å². The molecule has 0 aliphatic heterocycles. The summed E-state index contributed by atoms with van der Waals surface area (Å²) in [5.41, 5.74) is 3.89. The zero-order chi connectivity index (χ0) is 15.9. The van der Waals surface area contributed by atoms with E-state index >= 15 is 0 Å². The molecule has 2 rings (SSSR count). The summed E-state index contributed by atoms with van der Waals surface area (Å²) >= 11 is 0. The lowest BCUT2D eigenvalue weighted by Crippen LogP contribution is -2.23. The minimum atomic E-state index is 0.118. The molecule has 0 radical (unpaired) electrons. The number of hydrogen-bond acceptors (Lipinski definition) is 2. The highest BCUT2D eigenvalue weighted by atomic mass is 16.5. The summed E-state index contributed by atoms with van der Waals surface area (Å²) in [6.07, 6.45) is 1.18. The number of hydrogen-bond donors (Lipinski definition) is 1. The molecule has 0 aliphatic carbocycles. The number of rotatable bonds is 7. The molecule has 0 aliphatic rings. The fourth-order valence-electron chi connectivity index (χ4n) is 2.49. The molecule has 22 heavy (non-hydrogen) atoms. The molecule has 0 saturated carbocycles. The number of anilines is 1. The van der Waals surface area contributed by atoms with Crippen molar-refractivity contribution in [3.8, 4) is 5.75 Å². The van der Waals surface area contributed by atoms with Crippen molar-refractivity contribution in [2.75, 3.05) is 11.9 Å². The highest BCUT2D eigenvalue weighted by Gasteiger charge is 2.08. The van der Waals surface area contributed by atoms with Gasteiger partial charge in [0.1, 0.15) is 11.9 Å². The van der Waals surface area contributed by atoms with Crippen molar-refractivity contribution in [2.45, 2.75) is 46.1 Å². The minimum Gasteiger partial charge on any atom is -0.489 e. The van der Waals surface area contributed by atoms with Gasteiger partial charge in [-0.3, -0.25) is 0 Å². The zero-order valence-electron chi connectivity index (χ0n) is 14.1. The van der Waals surface area contributed by atoms with Crippen LogP contribution in [0.15, 0.2) is 48.5 Å². The van der Waals surface area contributed by atoms with Gasteiger partial charge in [-0.2, -0.15) is 0 Å². The summed E-state index contributed by atoms with van der Waals surface area (Å²) < 4.78 is 5.97. The van der Waals surface area contributed by atoms with Gasteiger partial charge in [0.25, 0.3) is 0 Å². The summed E-state index contributed by atoms with van der Waals surface area (Å²) in [7, 11) is 0. The van der Waals surface area contributed by atoms with Crippen molar-refractivity contribution in [2.24, 2.45) is 0 Å². The molecule has 2 aromatic carbocycles. The van der Waals surface area contributed by atoms with Gasteiger partial charge >= 0.3 is 0 Å². The van der Waals surface area contributed by atoms with Crippen LogP contribution in [-0.4, -0.2) is 12.6 Å². The van der Waals surface area contributed by atoms with Gasteiger partial charge in [0, 0.05) is 5.69 Å². The molecular weight excluding hydrogens is 270 g/mol. The van der Waals surface area contributed by atoms with Crippen LogP contribution in [0.3, 0.4) is 0 Å². The van der Waals surface area contributed by atoms with Crippen LogP contribution in [0.2, 0.25) is 0 Å².